The van der Waals surface area contributed by atoms with Crippen molar-refractivity contribution in [2.75, 3.05) is 18.7 Å². The third kappa shape index (κ3) is 2.51. The van der Waals surface area contributed by atoms with Crippen LogP contribution in [-0.4, -0.2) is 34.9 Å². The van der Waals surface area contributed by atoms with Gasteiger partial charge in [-0.1, -0.05) is 18.7 Å². The SMILES string of the molecule is C=CCOC(=O)N(C)n1nnc2cc(C)ccc2c1=O. The first-order chi connectivity index (χ1) is 9.54. The summed E-state index contributed by atoms with van der Waals surface area (Å²) in [6.07, 6.45) is 0.719. The molecular formula is C13H14N4O3. The molecule has 1 aromatic carbocycles. The largest absolute Gasteiger partial charge is 0.444 e. The molecule has 1 aromatic heterocycles. The third-order valence-electron chi connectivity index (χ3n) is 2.68. The van der Waals surface area contributed by atoms with E-state index in [1.807, 2.05) is 6.92 Å². The molecule has 0 atom stereocenters. The normalized spacial score (nSPS) is 10.3. The van der Waals surface area contributed by atoms with Crippen LogP contribution in [-0.2, 0) is 4.74 Å². The topological polar surface area (TPSA) is 77.3 Å². The van der Waals surface area contributed by atoms with Crippen molar-refractivity contribution in [1.29, 1.82) is 0 Å². The molecule has 7 heteroatoms. The average Bonchev–Trinajstić information content (AvgIpc) is 2.44. The summed E-state index contributed by atoms with van der Waals surface area (Å²) in [5.41, 5.74) is 1.02. The van der Waals surface area contributed by atoms with Crippen LogP contribution in [0.4, 0.5) is 4.79 Å². The Morgan fingerprint density at radius 1 is 1.55 bits per heavy atom. The summed E-state index contributed by atoms with van der Waals surface area (Å²) in [5, 5.41) is 9.00. The lowest BCUT2D eigenvalue weighted by Crippen LogP contribution is -2.45. The number of hydrogen-bond acceptors (Lipinski definition) is 5. The van der Waals surface area contributed by atoms with Gasteiger partial charge in [0.1, 0.15) is 12.1 Å². The zero-order valence-corrected chi connectivity index (χ0v) is 11.2. The average molecular weight is 274 g/mol. The summed E-state index contributed by atoms with van der Waals surface area (Å²) in [6, 6.07) is 5.21. The van der Waals surface area contributed by atoms with Crippen LogP contribution in [0.15, 0.2) is 35.6 Å². The first-order valence-corrected chi connectivity index (χ1v) is 5.92. The summed E-state index contributed by atoms with van der Waals surface area (Å²) in [7, 11) is 1.38. The first-order valence-electron chi connectivity index (χ1n) is 5.92. The second-order valence-electron chi connectivity index (χ2n) is 4.19. The monoisotopic (exact) mass is 274 g/mol. The Balaban J connectivity index is 2.43. The molecule has 1 amide bonds. The summed E-state index contributed by atoms with van der Waals surface area (Å²) >= 11 is 0. The second-order valence-corrected chi connectivity index (χ2v) is 4.19. The van der Waals surface area contributed by atoms with E-state index in [4.69, 9.17) is 4.74 Å². The van der Waals surface area contributed by atoms with Crippen LogP contribution in [0, 0.1) is 6.92 Å². The van der Waals surface area contributed by atoms with Gasteiger partial charge in [-0.25, -0.2) is 4.79 Å². The Kier molecular flexibility index (Phi) is 3.79. The molecule has 0 fully saturated rings. The zero-order chi connectivity index (χ0) is 14.7. The van der Waals surface area contributed by atoms with Gasteiger partial charge < -0.3 is 4.74 Å². The van der Waals surface area contributed by atoms with Gasteiger partial charge in [0, 0.05) is 7.05 Å². The number of fused-ring (bicyclic) bond motifs is 1. The summed E-state index contributed by atoms with van der Waals surface area (Å²) < 4.78 is 4.83. The molecule has 0 unspecified atom stereocenters. The van der Waals surface area contributed by atoms with Gasteiger partial charge in [0.25, 0.3) is 5.56 Å². The Bertz CT molecular complexity index is 723. The van der Waals surface area contributed by atoms with Crippen molar-refractivity contribution in [1.82, 2.24) is 15.1 Å². The predicted octanol–water partition coefficient (Wildman–Crippen LogP) is 0.990. The minimum Gasteiger partial charge on any atom is -0.444 e. The smallest absolute Gasteiger partial charge is 0.430 e. The van der Waals surface area contributed by atoms with E-state index < -0.39 is 11.7 Å². The number of benzene rings is 1. The number of amides is 1. The fourth-order valence-corrected chi connectivity index (χ4v) is 1.64. The van der Waals surface area contributed by atoms with Crippen molar-refractivity contribution < 1.29 is 9.53 Å². The predicted molar refractivity (Wildman–Crippen MR) is 74.2 cm³/mol. The molecule has 0 radical (unpaired) electrons. The van der Waals surface area contributed by atoms with E-state index in [1.54, 1.807) is 18.2 Å². The van der Waals surface area contributed by atoms with Gasteiger partial charge in [-0.15, -0.1) is 9.89 Å². The number of hydrogen-bond donors (Lipinski definition) is 0. The maximum absolute atomic E-state index is 12.3. The van der Waals surface area contributed by atoms with Crippen LogP contribution in [0.1, 0.15) is 5.56 Å². The van der Waals surface area contributed by atoms with Crippen molar-refractivity contribution in [3.05, 3.63) is 46.8 Å². The number of rotatable bonds is 3. The fourth-order valence-electron chi connectivity index (χ4n) is 1.64. The lowest BCUT2D eigenvalue weighted by molar-refractivity contribution is 0.159. The van der Waals surface area contributed by atoms with E-state index in [9.17, 15) is 9.59 Å². The van der Waals surface area contributed by atoms with Crippen molar-refractivity contribution in [3.8, 4) is 0 Å². The lowest BCUT2D eigenvalue weighted by Gasteiger charge is -2.16. The molecular weight excluding hydrogens is 260 g/mol. The highest BCUT2D eigenvalue weighted by atomic mass is 16.6. The molecule has 0 saturated carbocycles. The van der Waals surface area contributed by atoms with Gasteiger partial charge >= 0.3 is 6.09 Å². The molecule has 0 aliphatic carbocycles. The molecule has 104 valence electrons. The molecule has 0 N–H and O–H groups in total. The lowest BCUT2D eigenvalue weighted by atomic mass is 10.2. The second kappa shape index (κ2) is 5.52. The number of ether oxygens (including phenoxy) is 1. The maximum Gasteiger partial charge on any atom is 0.430 e. The van der Waals surface area contributed by atoms with Gasteiger partial charge in [-0.2, -0.15) is 5.01 Å². The van der Waals surface area contributed by atoms with Gasteiger partial charge in [0.05, 0.1) is 5.39 Å². The zero-order valence-electron chi connectivity index (χ0n) is 11.2. The van der Waals surface area contributed by atoms with Crippen molar-refractivity contribution in [2.45, 2.75) is 6.92 Å². The summed E-state index contributed by atoms with van der Waals surface area (Å²) in [5.74, 6) is 0. The van der Waals surface area contributed by atoms with Crippen LogP contribution < -0.4 is 10.6 Å². The van der Waals surface area contributed by atoms with Crippen LogP contribution in [0.3, 0.4) is 0 Å². The van der Waals surface area contributed by atoms with E-state index >= 15 is 0 Å². The molecule has 2 rings (SSSR count). The van der Waals surface area contributed by atoms with Gasteiger partial charge in [0.15, 0.2) is 0 Å². The van der Waals surface area contributed by atoms with Gasteiger partial charge in [0.2, 0.25) is 0 Å². The molecule has 0 saturated heterocycles. The Hall–Kier alpha value is -2.70. The molecule has 0 aliphatic heterocycles. The number of carbonyl (C=O) groups is 1. The quantitative estimate of drug-likeness (QED) is 0.780. The molecule has 0 aliphatic rings. The van der Waals surface area contributed by atoms with Crippen molar-refractivity contribution in [2.24, 2.45) is 0 Å². The van der Waals surface area contributed by atoms with E-state index in [2.05, 4.69) is 16.9 Å². The molecule has 1 heterocycles. The van der Waals surface area contributed by atoms with Crippen LogP contribution in [0.25, 0.3) is 10.9 Å². The molecule has 0 bridgehead atoms. The van der Waals surface area contributed by atoms with E-state index in [1.165, 1.54) is 13.1 Å². The Morgan fingerprint density at radius 3 is 3.00 bits per heavy atom. The van der Waals surface area contributed by atoms with Gasteiger partial charge in [-0.05, 0) is 29.8 Å². The van der Waals surface area contributed by atoms with Crippen LogP contribution in [0.2, 0.25) is 0 Å². The van der Waals surface area contributed by atoms with Crippen molar-refractivity contribution in [3.63, 3.8) is 0 Å². The molecule has 0 spiro atoms. The summed E-state index contributed by atoms with van der Waals surface area (Å²) in [6.45, 7) is 5.39. The molecule has 7 nitrogen and oxygen atoms in total. The highest BCUT2D eigenvalue weighted by Gasteiger charge is 2.16. The fraction of sp³-hybridized carbons (Fsp3) is 0.231. The van der Waals surface area contributed by atoms with Gasteiger partial charge in [-0.3, -0.25) is 4.79 Å². The Labute approximate surface area is 115 Å². The number of carbonyl (C=O) groups excluding carboxylic acids is 1. The number of aromatic nitrogens is 3. The third-order valence-corrected chi connectivity index (χ3v) is 2.68. The minimum absolute atomic E-state index is 0.0537. The van der Waals surface area contributed by atoms with Crippen LogP contribution in [0.5, 0.6) is 0 Å². The highest BCUT2D eigenvalue weighted by Crippen LogP contribution is 2.08. The number of nitrogens with zero attached hydrogens (tertiary/aromatic N) is 4. The Morgan fingerprint density at radius 2 is 2.30 bits per heavy atom. The maximum atomic E-state index is 12.3. The number of aryl methyl sites for hydroxylation is 1. The van der Waals surface area contributed by atoms with Crippen molar-refractivity contribution >= 4 is 17.0 Å². The molecule has 20 heavy (non-hydrogen) atoms. The van der Waals surface area contributed by atoms with E-state index in [0.29, 0.717) is 10.9 Å². The van der Waals surface area contributed by atoms with E-state index in [-0.39, 0.29) is 6.61 Å². The standard InChI is InChI=1S/C13H14N4O3/c1-4-7-20-13(19)16(3)17-12(18)10-6-5-9(2)8-11(10)14-15-17/h4-6,8H,1,7H2,2-3H3. The van der Waals surface area contributed by atoms with Crippen LogP contribution >= 0.6 is 0 Å². The molecule has 2 aromatic rings. The highest BCUT2D eigenvalue weighted by molar-refractivity contribution is 5.80. The minimum atomic E-state index is -0.715. The first kappa shape index (κ1) is 13.7. The summed E-state index contributed by atoms with van der Waals surface area (Å²) in [4.78, 5) is 24.8. The van der Waals surface area contributed by atoms with E-state index in [0.717, 1.165) is 15.4 Å².